The second-order valence-electron chi connectivity index (χ2n) is 18.7. The molecule has 4 heteroatoms. The second-order valence-corrected chi connectivity index (χ2v) is 18.7. The molecule has 3 N–H and O–H groups in total. The number of hydrogen-bond acceptors (Lipinski definition) is 3. The molecule has 1 amide bonds. The molecule has 0 bridgehead atoms. The number of unbranched alkanes of at least 4 members (excludes halogenated alkanes) is 39. The average Bonchev–Trinajstić information content (AvgIpc) is 3.25. The Morgan fingerprint density at radius 3 is 1.00 bits per heavy atom. The Morgan fingerprint density at radius 1 is 0.400 bits per heavy atom. The third kappa shape index (κ3) is 47.7. The van der Waals surface area contributed by atoms with Gasteiger partial charge in [-0.05, 0) is 51.4 Å². The van der Waals surface area contributed by atoms with E-state index in [0.717, 1.165) is 32.1 Å². The lowest BCUT2D eigenvalue weighted by atomic mass is 10.0. The van der Waals surface area contributed by atoms with Crippen molar-refractivity contribution in [1.29, 1.82) is 0 Å². The largest absolute Gasteiger partial charge is 0.394 e. The summed E-state index contributed by atoms with van der Waals surface area (Å²) in [4.78, 5) is 12.5. The number of rotatable bonds is 50. The summed E-state index contributed by atoms with van der Waals surface area (Å²) in [7, 11) is 0. The van der Waals surface area contributed by atoms with Crippen LogP contribution >= 0.6 is 0 Å². The second kappa shape index (κ2) is 52.0. The van der Waals surface area contributed by atoms with Gasteiger partial charge in [-0.3, -0.25) is 4.79 Å². The lowest BCUT2D eigenvalue weighted by Crippen LogP contribution is -2.45. The fraction of sp³-hybridized carbons (Fsp3) is 0.875. The SMILES string of the molecule is CCCCCCCCCCC/C=C\C/C=C\CCCCCCCCCCCC(=O)NC(CO)C(O)/C=C/CCCCCCCCCCCCCCCCCCCCCCC. The normalized spacial score (nSPS) is 13.1. The summed E-state index contributed by atoms with van der Waals surface area (Å²) in [6, 6.07) is -0.625. The highest BCUT2D eigenvalue weighted by molar-refractivity contribution is 5.76. The van der Waals surface area contributed by atoms with Crippen molar-refractivity contribution in [3.8, 4) is 0 Å². The molecule has 60 heavy (non-hydrogen) atoms. The van der Waals surface area contributed by atoms with Crippen molar-refractivity contribution in [2.24, 2.45) is 0 Å². The molecule has 0 rings (SSSR count). The predicted octanol–water partition coefficient (Wildman–Crippen LogP) is 17.7. The van der Waals surface area contributed by atoms with Gasteiger partial charge in [0.25, 0.3) is 0 Å². The summed E-state index contributed by atoms with van der Waals surface area (Å²) in [5, 5.41) is 23.2. The summed E-state index contributed by atoms with van der Waals surface area (Å²) >= 11 is 0. The third-order valence-electron chi connectivity index (χ3n) is 12.6. The fourth-order valence-electron chi connectivity index (χ4n) is 8.45. The maximum atomic E-state index is 12.5. The first kappa shape index (κ1) is 58.6. The molecule has 0 aromatic carbocycles. The Hall–Kier alpha value is -1.39. The topological polar surface area (TPSA) is 69.6 Å². The van der Waals surface area contributed by atoms with Crippen LogP contribution in [-0.2, 0) is 4.79 Å². The first-order chi connectivity index (χ1) is 29.7. The quantitative estimate of drug-likeness (QED) is 0.0422. The number of nitrogens with one attached hydrogen (secondary N) is 1. The molecule has 0 aliphatic carbocycles. The minimum atomic E-state index is -0.842. The fourth-order valence-corrected chi connectivity index (χ4v) is 8.45. The van der Waals surface area contributed by atoms with Gasteiger partial charge in [0.2, 0.25) is 5.91 Å². The number of allylic oxidation sites excluding steroid dienone is 5. The molecule has 0 fully saturated rings. The molecule has 0 saturated heterocycles. The van der Waals surface area contributed by atoms with Gasteiger partial charge in [0, 0.05) is 6.42 Å². The van der Waals surface area contributed by atoms with Crippen LogP contribution in [0.25, 0.3) is 0 Å². The molecular formula is C56H107NO3. The maximum absolute atomic E-state index is 12.5. The van der Waals surface area contributed by atoms with Gasteiger partial charge in [0.1, 0.15) is 0 Å². The standard InChI is InChI=1S/C56H107NO3/c1-3-5-7-9-11-13-15-17-19-21-23-25-27-28-30-32-34-36-38-40-42-44-46-48-50-52-56(60)57-54(53-58)55(59)51-49-47-45-43-41-39-37-35-33-31-29-26-24-22-20-18-16-14-12-10-8-6-4-2/h23,25,28,30,49,51,54-55,58-59H,3-22,24,26-27,29,31-48,50,52-53H2,1-2H3,(H,57,60)/b25-23-,30-28-,51-49+. The Labute approximate surface area is 376 Å². The first-order valence-corrected chi connectivity index (χ1v) is 27.2. The van der Waals surface area contributed by atoms with Crippen LogP contribution < -0.4 is 5.32 Å². The van der Waals surface area contributed by atoms with E-state index in [9.17, 15) is 15.0 Å². The van der Waals surface area contributed by atoms with Crippen molar-refractivity contribution >= 4 is 5.91 Å². The monoisotopic (exact) mass is 842 g/mol. The van der Waals surface area contributed by atoms with Gasteiger partial charge >= 0.3 is 0 Å². The van der Waals surface area contributed by atoms with E-state index in [2.05, 4.69) is 43.5 Å². The number of amides is 1. The van der Waals surface area contributed by atoms with Gasteiger partial charge in [-0.2, -0.15) is 0 Å². The zero-order valence-electron chi connectivity index (χ0n) is 40.7. The number of carbonyl (C=O) groups is 1. The number of aliphatic hydroxyl groups excluding tert-OH is 2. The van der Waals surface area contributed by atoms with E-state index < -0.39 is 12.1 Å². The van der Waals surface area contributed by atoms with Crippen molar-refractivity contribution in [2.75, 3.05) is 6.61 Å². The van der Waals surface area contributed by atoms with E-state index in [4.69, 9.17) is 0 Å². The Bertz CT molecular complexity index is 912. The minimum absolute atomic E-state index is 0.0648. The van der Waals surface area contributed by atoms with Crippen LogP contribution in [0, 0.1) is 0 Å². The van der Waals surface area contributed by atoms with Crippen LogP contribution in [0.1, 0.15) is 296 Å². The lowest BCUT2D eigenvalue weighted by molar-refractivity contribution is -0.123. The van der Waals surface area contributed by atoms with Gasteiger partial charge in [-0.15, -0.1) is 0 Å². The molecular weight excluding hydrogens is 735 g/mol. The first-order valence-electron chi connectivity index (χ1n) is 27.2. The lowest BCUT2D eigenvalue weighted by Gasteiger charge is -2.20. The third-order valence-corrected chi connectivity index (χ3v) is 12.6. The van der Waals surface area contributed by atoms with Gasteiger partial charge in [-0.25, -0.2) is 0 Å². The molecule has 0 aromatic heterocycles. The number of carbonyl (C=O) groups excluding carboxylic acids is 1. The van der Waals surface area contributed by atoms with E-state index in [1.807, 2.05) is 6.08 Å². The van der Waals surface area contributed by atoms with Gasteiger partial charge in [0.05, 0.1) is 18.8 Å². The van der Waals surface area contributed by atoms with E-state index in [-0.39, 0.29) is 12.5 Å². The smallest absolute Gasteiger partial charge is 0.220 e. The highest BCUT2D eigenvalue weighted by atomic mass is 16.3. The van der Waals surface area contributed by atoms with Gasteiger partial charge in [0.15, 0.2) is 0 Å². The Morgan fingerprint density at radius 2 is 0.683 bits per heavy atom. The summed E-state index contributed by atoms with van der Waals surface area (Å²) in [6.07, 6.45) is 70.1. The minimum Gasteiger partial charge on any atom is -0.394 e. The van der Waals surface area contributed by atoms with Crippen molar-refractivity contribution in [1.82, 2.24) is 5.32 Å². The molecule has 354 valence electrons. The van der Waals surface area contributed by atoms with Crippen molar-refractivity contribution in [3.63, 3.8) is 0 Å². The van der Waals surface area contributed by atoms with E-state index in [0.29, 0.717) is 6.42 Å². The zero-order valence-corrected chi connectivity index (χ0v) is 40.7. The summed E-state index contributed by atoms with van der Waals surface area (Å²) in [5.41, 5.74) is 0. The average molecular weight is 842 g/mol. The van der Waals surface area contributed by atoms with Crippen molar-refractivity contribution < 1.29 is 15.0 Å². The summed E-state index contributed by atoms with van der Waals surface area (Å²) in [6.45, 7) is 4.34. The molecule has 2 unspecified atom stereocenters. The van der Waals surface area contributed by atoms with Crippen LogP contribution in [0.4, 0.5) is 0 Å². The van der Waals surface area contributed by atoms with E-state index in [1.54, 1.807) is 6.08 Å². The maximum Gasteiger partial charge on any atom is 0.220 e. The number of aliphatic hydroxyl groups is 2. The van der Waals surface area contributed by atoms with E-state index >= 15 is 0 Å². The number of hydrogen-bond donors (Lipinski definition) is 3. The predicted molar refractivity (Wildman–Crippen MR) is 267 cm³/mol. The molecule has 0 saturated carbocycles. The summed E-state index contributed by atoms with van der Waals surface area (Å²) in [5.74, 6) is -0.0648. The van der Waals surface area contributed by atoms with Gasteiger partial charge < -0.3 is 15.5 Å². The van der Waals surface area contributed by atoms with Crippen LogP contribution in [0.15, 0.2) is 36.5 Å². The van der Waals surface area contributed by atoms with Crippen LogP contribution in [0.5, 0.6) is 0 Å². The Kier molecular flexibility index (Phi) is 50.8. The molecule has 2 atom stereocenters. The summed E-state index contributed by atoms with van der Waals surface area (Å²) < 4.78 is 0. The van der Waals surface area contributed by atoms with Crippen LogP contribution in [0.2, 0.25) is 0 Å². The molecule has 0 radical (unpaired) electrons. The van der Waals surface area contributed by atoms with Crippen molar-refractivity contribution in [2.45, 2.75) is 309 Å². The van der Waals surface area contributed by atoms with Crippen molar-refractivity contribution in [3.05, 3.63) is 36.5 Å². The molecule has 4 nitrogen and oxygen atoms in total. The molecule has 0 aliphatic rings. The van der Waals surface area contributed by atoms with Crippen LogP contribution in [-0.4, -0.2) is 34.9 Å². The molecule has 0 aliphatic heterocycles. The molecule has 0 spiro atoms. The molecule has 0 heterocycles. The highest BCUT2D eigenvalue weighted by Gasteiger charge is 2.18. The van der Waals surface area contributed by atoms with Gasteiger partial charge in [-0.1, -0.05) is 275 Å². The van der Waals surface area contributed by atoms with Crippen LogP contribution in [0.3, 0.4) is 0 Å². The zero-order chi connectivity index (χ0) is 43.5. The Balaban J connectivity index is 3.51. The molecule has 0 aromatic rings. The highest BCUT2D eigenvalue weighted by Crippen LogP contribution is 2.17. The van der Waals surface area contributed by atoms with E-state index in [1.165, 1.54) is 244 Å².